The number of carbonyl (C=O) groups is 1. The van der Waals surface area contributed by atoms with Gasteiger partial charge in [0.25, 0.3) is 0 Å². The Morgan fingerprint density at radius 2 is 1.73 bits per heavy atom. The number of fused-ring (bicyclic) bond motifs is 2. The zero-order valence-electron chi connectivity index (χ0n) is 11.8. The molecule has 1 aliphatic carbocycles. The molecule has 22 heavy (non-hydrogen) atoms. The Labute approximate surface area is 126 Å². The zero-order chi connectivity index (χ0) is 15.4. The van der Waals surface area contributed by atoms with Crippen LogP contribution >= 0.6 is 0 Å². The Kier molecular flexibility index (Phi) is 2.69. The van der Waals surface area contributed by atoms with Crippen molar-refractivity contribution in [1.82, 2.24) is 4.57 Å². The van der Waals surface area contributed by atoms with Gasteiger partial charge in [-0.05, 0) is 43.4 Å². The lowest BCUT2D eigenvalue weighted by Crippen LogP contribution is -2.04. The van der Waals surface area contributed by atoms with Gasteiger partial charge in [-0.25, -0.2) is 8.96 Å². The lowest BCUT2D eigenvalue weighted by Gasteiger charge is -2.10. The second kappa shape index (κ2) is 4.50. The average molecular weight is 302 g/mol. The molecule has 1 amide bonds. The number of benzene rings is 1. The van der Waals surface area contributed by atoms with E-state index in [1.807, 2.05) is 0 Å². The topological polar surface area (TPSA) is 74.5 Å². The number of aromatic hydroxyl groups is 2. The number of hydrogen-bond acceptors (Lipinski definition) is 3. The van der Waals surface area contributed by atoms with Crippen LogP contribution < -0.4 is 5.32 Å². The molecule has 3 N–H and O–H groups in total. The van der Waals surface area contributed by atoms with E-state index in [1.165, 1.54) is 12.1 Å². The second-order valence-corrected chi connectivity index (χ2v) is 5.83. The minimum atomic E-state index is -0.576. The lowest BCUT2D eigenvalue weighted by molar-refractivity contribution is -0.115. The van der Waals surface area contributed by atoms with Gasteiger partial charge in [-0.3, -0.25) is 4.79 Å². The highest BCUT2D eigenvalue weighted by Crippen LogP contribution is 2.42. The van der Waals surface area contributed by atoms with E-state index in [0.717, 1.165) is 17.4 Å². The molecule has 0 radical (unpaired) electrons. The molecule has 114 valence electrons. The van der Waals surface area contributed by atoms with Crippen molar-refractivity contribution in [2.75, 3.05) is 5.32 Å². The van der Waals surface area contributed by atoms with Gasteiger partial charge in [-0.15, -0.1) is 0 Å². The van der Waals surface area contributed by atoms with Crippen molar-refractivity contribution in [2.24, 2.45) is 0 Å². The number of amides is 1. The molecular weight excluding hydrogens is 287 g/mol. The largest absolute Gasteiger partial charge is 0.494 e. The second-order valence-electron chi connectivity index (χ2n) is 5.83. The van der Waals surface area contributed by atoms with Crippen molar-refractivity contribution in [3.8, 4) is 17.4 Å². The van der Waals surface area contributed by atoms with Crippen LogP contribution in [0.1, 0.15) is 29.5 Å². The summed E-state index contributed by atoms with van der Waals surface area (Å²) in [4.78, 5) is 11.4. The van der Waals surface area contributed by atoms with Crippen LogP contribution in [0, 0.1) is 5.82 Å². The summed E-state index contributed by atoms with van der Waals surface area (Å²) in [7, 11) is 0. The monoisotopic (exact) mass is 302 g/mol. The van der Waals surface area contributed by atoms with E-state index < -0.39 is 5.82 Å². The zero-order valence-corrected chi connectivity index (χ0v) is 11.8. The predicted octanol–water partition coefficient (Wildman–Crippen LogP) is 2.40. The van der Waals surface area contributed by atoms with Gasteiger partial charge in [0.1, 0.15) is 5.82 Å². The molecule has 1 aromatic carbocycles. The number of aromatic nitrogens is 1. The summed E-state index contributed by atoms with van der Waals surface area (Å²) in [6.07, 6.45) is 3.36. The van der Waals surface area contributed by atoms with Crippen molar-refractivity contribution in [1.29, 1.82) is 0 Å². The molecule has 0 saturated carbocycles. The molecule has 2 heterocycles. The van der Waals surface area contributed by atoms with Gasteiger partial charge < -0.3 is 15.5 Å². The van der Waals surface area contributed by atoms with E-state index in [-0.39, 0.29) is 29.8 Å². The number of rotatable bonds is 1. The maximum absolute atomic E-state index is 14.4. The summed E-state index contributed by atoms with van der Waals surface area (Å²) in [5.41, 5.74) is 2.53. The fourth-order valence-electron chi connectivity index (χ4n) is 3.40. The van der Waals surface area contributed by atoms with E-state index in [4.69, 9.17) is 0 Å². The Balaban J connectivity index is 1.92. The molecule has 0 bridgehead atoms. The molecule has 2 aromatic rings. The summed E-state index contributed by atoms with van der Waals surface area (Å²) < 4.78 is 15.5. The van der Waals surface area contributed by atoms with Gasteiger partial charge in [0.2, 0.25) is 17.7 Å². The normalized spacial score (nSPS) is 16.3. The fraction of sp³-hybridized carbons (Fsp3) is 0.312. The molecule has 0 unspecified atom stereocenters. The highest BCUT2D eigenvalue weighted by Gasteiger charge is 2.28. The van der Waals surface area contributed by atoms with Gasteiger partial charge in [0, 0.05) is 16.8 Å². The molecule has 1 aromatic heterocycles. The van der Waals surface area contributed by atoms with E-state index in [9.17, 15) is 19.4 Å². The standard InChI is InChI=1S/C16H15FN2O3/c17-11-5-8-6-14(20)18-12(8)7-13(11)19-15(21)9-3-1-2-4-10(9)16(19)22/h5,7,21-22H,1-4,6H2,(H,18,20). The van der Waals surface area contributed by atoms with Crippen LogP contribution in [0.5, 0.6) is 11.8 Å². The van der Waals surface area contributed by atoms with Crippen LogP contribution in [0.2, 0.25) is 0 Å². The molecular formula is C16H15FN2O3. The number of hydrogen-bond donors (Lipinski definition) is 3. The summed E-state index contributed by atoms with van der Waals surface area (Å²) in [5, 5.41) is 23.4. The first-order chi connectivity index (χ1) is 10.6. The van der Waals surface area contributed by atoms with E-state index >= 15 is 0 Å². The minimum absolute atomic E-state index is 0.0466. The van der Waals surface area contributed by atoms with Crippen LogP contribution in [0.3, 0.4) is 0 Å². The Morgan fingerprint density at radius 3 is 2.36 bits per heavy atom. The molecule has 0 fully saturated rings. The van der Waals surface area contributed by atoms with Gasteiger partial charge in [-0.1, -0.05) is 0 Å². The van der Waals surface area contributed by atoms with Gasteiger partial charge in [0.15, 0.2) is 0 Å². The maximum Gasteiger partial charge on any atom is 0.228 e. The minimum Gasteiger partial charge on any atom is -0.494 e. The first-order valence-corrected chi connectivity index (χ1v) is 7.33. The molecule has 1 aliphatic heterocycles. The third-order valence-electron chi connectivity index (χ3n) is 4.47. The van der Waals surface area contributed by atoms with Gasteiger partial charge in [0.05, 0.1) is 12.1 Å². The number of anilines is 1. The summed E-state index contributed by atoms with van der Waals surface area (Å²) in [5.74, 6) is -0.995. The third kappa shape index (κ3) is 1.73. The smallest absolute Gasteiger partial charge is 0.228 e. The van der Waals surface area contributed by atoms with Crippen LogP contribution in [-0.4, -0.2) is 20.7 Å². The van der Waals surface area contributed by atoms with Crippen molar-refractivity contribution in [3.63, 3.8) is 0 Å². The number of nitrogens with one attached hydrogen (secondary N) is 1. The molecule has 0 spiro atoms. The van der Waals surface area contributed by atoms with Crippen LogP contribution in [0.4, 0.5) is 10.1 Å². The summed E-state index contributed by atoms with van der Waals surface area (Å²) >= 11 is 0. The van der Waals surface area contributed by atoms with E-state index in [0.29, 0.717) is 35.2 Å². The Hall–Kier alpha value is -2.50. The van der Waals surface area contributed by atoms with Crippen molar-refractivity contribution in [2.45, 2.75) is 32.1 Å². The quantitative estimate of drug-likeness (QED) is 0.757. The Bertz CT molecular complexity index is 781. The number of carbonyl (C=O) groups excluding carboxylic acids is 1. The van der Waals surface area contributed by atoms with Crippen molar-refractivity contribution >= 4 is 11.6 Å². The first-order valence-electron chi connectivity index (χ1n) is 7.33. The van der Waals surface area contributed by atoms with Gasteiger partial charge >= 0.3 is 0 Å². The van der Waals surface area contributed by atoms with E-state index in [1.54, 1.807) is 0 Å². The molecule has 2 aliphatic rings. The lowest BCUT2D eigenvalue weighted by atomic mass is 9.95. The van der Waals surface area contributed by atoms with Crippen molar-refractivity contribution < 1.29 is 19.4 Å². The molecule has 6 heteroatoms. The van der Waals surface area contributed by atoms with Crippen LogP contribution in [0.25, 0.3) is 5.69 Å². The highest BCUT2D eigenvalue weighted by molar-refractivity contribution is 5.99. The highest BCUT2D eigenvalue weighted by atomic mass is 19.1. The maximum atomic E-state index is 14.4. The summed E-state index contributed by atoms with van der Waals surface area (Å²) in [6.45, 7) is 0. The van der Waals surface area contributed by atoms with E-state index in [2.05, 4.69) is 5.32 Å². The van der Waals surface area contributed by atoms with Crippen LogP contribution in [-0.2, 0) is 24.1 Å². The molecule has 0 atom stereocenters. The molecule has 5 nitrogen and oxygen atoms in total. The predicted molar refractivity (Wildman–Crippen MR) is 78.0 cm³/mol. The number of nitrogens with zero attached hydrogens (tertiary/aromatic N) is 1. The summed E-state index contributed by atoms with van der Waals surface area (Å²) in [6, 6.07) is 2.74. The average Bonchev–Trinajstić information content (AvgIpc) is 2.97. The first kappa shape index (κ1) is 13.2. The fourth-order valence-corrected chi connectivity index (χ4v) is 3.40. The Morgan fingerprint density at radius 1 is 1.09 bits per heavy atom. The van der Waals surface area contributed by atoms with Crippen LogP contribution in [0.15, 0.2) is 12.1 Å². The van der Waals surface area contributed by atoms with Crippen molar-refractivity contribution in [3.05, 3.63) is 34.6 Å². The molecule has 4 rings (SSSR count). The SMILES string of the molecule is O=C1Cc2cc(F)c(-n3c(O)c4c(c3O)CCCC4)cc2N1. The number of halogens is 1. The van der Waals surface area contributed by atoms with Gasteiger partial charge in [-0.2, -0.15) is 0 Å². The molecule has 0 saturated heterocycles. The third-order valence-corrected chi connectivity index (χ3v) is 4.47.